The second-order valence-electron chi connectivity index (χ2n) is 10.0. The number of hydrogen-bond acceptors (Lipinski definition) is 4. The van der Waals surface area contributed by atoms with Crippen molar-refractivity contribution in [1.82, 2.24) is 4.90 Å². The largest absolute Gasteiger partial charge is 0.591 e. The molecule has 0 aromatic heterocycles. The fourth-order valence-electron chi connectivity index (χ4n) is 3.90. The van der Waals surface area contributed by atoms with Gasteiger partial charge in [0.2, 0.25) is 0 Å². The van der Waals surface area contributed by atoms with Crippen LogP contribution in [0.15, 0.2) is 22.6 Å². The van der Waals surface area contributed by atoms with Crippen LogP contribution >= 0.6 is 11.6 Å². The van der Waals surface area contributed by atoms with Gasteiger partial charge in [-0.15, -0.1) is 0 Å². The van der Waals surface area contributed by atoms with Gasteiger partial charge in [-0.05, 0) is 78.5 Å². The fourth-order valence-corrected chi connectivity index (χ4v) is 4.82. The van der Waals surface area contributed by atoms with E-state index in [9.17, 15) is 9.35 Å². The third-order valence-electron chi connectivity index (χ3n) is 5.42. The first kappa shape index (κ1) is 22.4. The molecule has 1 aliphatic heterocycles. The molecule has 29 heavy (non-hydrogen) atoms. The zero-order valence-corrected chi connectivity index (χ0v) is 19.7. The molecule has 0 saturated carbocycles. The Kier molecular flexibility index (Phi) is 6.03. The Morgan fingerprint density at radius 2 is 1.83 bits per heavy atom. The van der Waals surface area contributed by atoms with Crippen molar-refractivity contribution >= 4 is 34.8 Å². The van der Waals surface area contributed by atoms with Crippen molar-refractivity contribution in [1.29, 1.82) is 0 Å². The van der Waals surface area contributed by atoms with E-state index in [0.717, 1.165) is 36.1 Å². The van der Waals surface area contributed by atoms with Gasteiger partial charge in [0, 0.05) is 29.1 Å². The van der Waals surface area contributed by atoms with E-state index < -0.39 is 21.7 Å². The number of nitrogens with zero attached hydrogens (tertiary/aromatic N) is 2. The van der Waals surface area contributed by atoms with Crippen molar-refractivity contribution in [2.24, 2.45) is 9.81 Å². The van der Waals surface area contributed by atoms with Crippen LogP contribution in [0, 0.1) is 5.41 Å². The summed E-state index contributed by atoms with van der Waals surface area (Å²) in [6.07, 6.45) is 2.06. The van der Waals surface area contributed by atoms with E-state index >= 15 is 0 Å². The molecule has 1 fully saturated rings. The third kappa shape index (κ3) is 4.92. The van der Waals surface area contributed by atoms with Gasteiger partial charge in [0.1, 0.15) is 27.4 Å². The van der Waals surface area contributed by atoms with Crippen LogP contribution in [0.2, 0.25) is 5.02 Å². The molecular weight excluding hydrogens is 408 g/mol. The second kappa shape index (κ2) is 7.78. The van der Waals surface area contributed by atoms with E-state index in [4.69, 9.17) is 20.7 Å². The highest BCUT2D eigenvalue weighted by Gasteiger charge is 2.48. The van der Waals surface area contributed by atoms with Gasteiger partial charge in [-0.3, -0.25) is 0 Å². The van der Waals surface area contributed by atoms with Gasteiger partial charge in [0.15, 0.2) is 0 Å². The Labute approximate surface area is 182 Å². The standard InChI is InChI=1S/C22H31ClN2O3S/c1-20(2,3)28-19(26)25-11-9-22(10-12-25)14-15-13-16(23)7-8-17(15)18(22)24-29(27)21(4,5)6/h7-8,13H,9-12,14H2,1-6H3. The van der Waals surface area contributed by atoms with E-state index in [1.54, 1.807) is 4.90 Å². The summed E-state index contributed by atoms with van der Waals surface area (Å²) >= 11 is 4.89. The van der Waals surface area contributed by atoms with Gasteiger partial charge < -0.3 is 14.2 Å². The van der Waals surface area contributed by atoms with Gasteiger partial charge in [-0.25, -0.2) is 4.79 Å². The summed E-state index contributed by atoms with van der Waals surface area (Å²) in [5.74, 6) is 0. The maximum absolute atomic E-state index is 12.9. The lowest BCUT2D eigenvalue weighted by molar-refractivity contribution is 0.0159. The highest BCUT2D eigenvalue weighted by Crippen LogP contribution is 2.46. The predicted octanol–water partition coefficient (Wildman–Crippen LogP) is 5.16. The number of halogens is 1. The number of likely N-dealkylation sites (tertiary alicyclic amines) is 1. The minimum atomic E-state index is -1.35. The number of rotatable bonds is 1. The molecule has 0 bridgehead atoms. The summed E-state index contributed by atoms with van der Waals surface area (Å²) in [6.45, 7) is 12.6. The minimum Gasteiger partial charge on any atom is -0.591 e. The number of carbonyl (C=O) groups is 1. The lowest BCUT2D eigenvalue weighted by Crippen LogP contribution is -2.47. The summed E-state index contributed by atoms with van der Waals surface area (Å²) in [5.41, 5.74) is 2.36. The Morgan fingerprint density at radius 1 is 1.21 bits per heavy atom. The lowest BCUT2D eigenvalue weighted by atomic mass is 9.74. The maximum atomic E-state index is 12.9. The van der Waals surface area contributed by atoms with Gasteiger partial charge in [-0.1, -0.05) is 22.1 Å². The summed E-state index contributed by atoms with van der Waals surface area (Å²) < 4.78 is 22.7. The quantitative estimate of drug-likeness (QED) is 0.568. The first-order valence-corrected chi connectivity index (χ1v) is 11.6. The van der Waals surface area contributed by atoms with Crippen LogP contribution in [-0.4, -0.2) is 44.7 Å². The Bertz CT molecular complexity index is 818. The number of hydrogen-bond donors (Lipinski definition) is 0. The van der Waals surface area contributed by atoms with E-state index in [1.165, 1.54) is 0 Å². The Hall–Kier alpha value is -1.24. The Balaban J connectivity index is 1.88. The Morgan fingerprint density at radius 3 is 2.38 bits per heavy atom. The molecule has 1 aromatic rings. The average Bonchev–Trinajstić information content (AvgIpc) is 2.85. The normalized spacial score (nSPS) is 21.4. The van der Waals surface area contributed by atoms with Crippen LogP contribution in [-0.2, 0) is 22.5 Å². The molecule has 1 heterocycles. The summed E-state index contributed by atoms with van der Waals surface area (Å²) in [4.78, 5) is 14.2. The van der Waals surface area contributed by atoms with Crippen LogP contribution in [0.3, 0.4) is 0 Å². The molecule has 1 saturated heterocycles. The van der Waals surface area contributed by atoms with Crippen molar-refractivity contribution in [3.05, 3.63) is 34.3 Å². The predicted molar refractivity (Wildman–Crippen MR) is 119 cm³/mol. The van der Waals surface area contributed by atoms with E-state index in [-0.39, 0.29) is 11.5 Å². The molecule has 1 spiro atoms. The lowest BCUT2D eigenvalue weighted by Gasteiger charge is -2.39. The van der Waals surface area contributed by atoms with Crippen LogP contribution < -0.4 is 0 Å². The molecule has 2 aliphatic rings. The van der Waals surface area contributed by atoms with Gasteiger partial charge in [-0.2, -0.15) is 0 Å². The number of amides is 1. The monoisotopic (exact) mass is 438 g/mol. The molecule has 1 unspecified atom stereocenters. The van der Waals surface area contributed by atoms with E-state index in [0.29, 0.717) is 18.1 Å². The average molecular weight is 439 g/mol. The molecule has 0 N–H and O–H groups in total. The molecule has 1 atom stereocenters. The first-order chi connectivity index (χ1) is 13.3. The van der Waals surface area contributed by atoms with Crippen molar-refractivity contribution in [3.63, 3.8) is 0 Å². The van der Waals surface area contributed by atoms with Gasteiger partial charge in [0.05, 0.1) is 0 Å². The van der Waals surface area contributed by atoms with E-state index in [2.05, 4.69) is 0 Å². The molecule has 7 heteroatoms. The SMILES string of the molecule is CC(C)(C)OC(=O)N1CCC2(CC1)Cc1cc(Cl)ccc1C2=N[S+]([O-])C(C)(C)C. The minimum absolute atomic E-state index is 0.216. The highest BCUT2D eigenvalue weighted by atomic mass is 35.5. The molecule has 0 radical (unpaired) electrons. The number of carbonyl (C=O) groups excluding carboxylic acids is 1. The molecule has 3 rings (SSSR count). The number of ether oxygens (including phenoxy) is 1. The second-order valence-corrected chi connectivity index (χ2v) is 12.4. The van der Waals surface area contributed by atoms with Crippen LogP contribution in [0.25, 0.3) is 0 Å². The fraction of sp³-hybridized carbons (Fsp3) is 0.636. The highest BCUT2D eigenvalue weighted by molar-refractivity contribution is 7.91. The topological polar surface area (TPSA) is 65.0 Å². The van der Waals surface area contributed by atoms with Crippen LogP contribution in [0.1, 0.15) is 65.5 Å². The van der Waals surface area contributed by atoms with Crippen molar-refractivity contribution in [3.8, 4) is 0 Å². The van der Waals surface area contributed by atoms with Gasteiger partial charge >= 0.3 is 6.09 Å². The molecular formula is C22H31ClN2O3S. The first-order valence-electron chi connectivity index (χ1n) is 10.1. The number of fused-ring (bicyclic) bond motifs is 1. The maximum Gasteiger partial charge on any atom is 0.410 e. The summed E-state index contributed by atoms with van der Waals surface area (Å²) in [5, 5.41) is 0.697. The smallest absolute Gasteiger partial charge is 0.410 e. The molecule has 1 aromatic carbocycles. The number of benzene rings is 1. The van der Waals surface area contributed by atoms with Crippen molar-refractivity contribution < 1.29 is 14.1 Å². The zero-order valence-electron chi connectivity index (χ0n) is 18.2. The molecule has 1 amide bonds. The summed E-state index contributed by atoms with van der Waals surface area (Å²) in [6, 6.07) is 5.84. The third-order valence-corrected chi connectivity index (χ3v) is 7.06. The molecule has 1 aliphatic carbocycles. The van der Waals surface area contributed by atoms with Gasteiger partial charge in [0.25, 0.3) is 0 Å². The number of piperidine rings is 1. The van der Waals surface area contributed by atoms with E-state index in [1.807, 2.05) is 59.7 Å². The molecule has 5 nitrogen and oxygen atoms in total. The molecule has 160 valence electrons. The van der Waals surface area contributed by atoms with Crippen LogP contribution in [0.4, 0.5) is 4.79 Å². The zero-order chi connectivity index (χ0) is 21.6. The van der Waals surface area contributed by atoms with Crippen molar-refractivity contribution in [2.75, 3.05) is 13.1 Å². The summed E-state index contributed by atoms with van der Waals surface area (Å²) in [7, 11) is 0. The van der Waals surface area contributed by atoms with Crippen molar-refractivity contribution in [2.45, 2.75) is 71.2 Å². The van der Waals surface area contributed by atoms with Crippen LogP contribution in [0.5, 0.6) is 0 Å².